The summed E-state index contributed by atoms with van der Waals surface area (Å²) in [6, 6.07) is 11.5. The Labute approximate surface area is 324 Å². The van der Waals surface area contributed by atoms with E-state index in [9.17, 15) is 40.2 Å². The fraction of sp³-hybridized carbons (Fsp3) is 0.300. The Morgan fingerprint density at radius 1 is 0.982 bits per heavy atom. The predicted octanol–water partition coefficient (Wildman–Crippen LogP) is 3.65. The van der Waals surface area contributed by atoms with Crippen molar-refractivity contribution in [3.63, 3.8) is 0 Å². The quantitative estimate of drug-likeness (QED) is 0.0617. The number of hydrogen-bond acceptors (Lipinski definition) is 15. The van der Waals surface area contributed by atoms with Crippen LogP contribution < -0.4 is 29.0 Å². The van der Waals surface area contributed by atoms with E-state index in [-0.39, 0.29) is 46.0 Å². The van der Waals surface area contributed by atoms with Crippen LogP contribution in [0.4, 0.5) is 10.1 Å². The number of fused-ring (bicyclic) bond motifs is 1. The van der Waals surface area contributed by atoms with Gasteiger partial charge >= 0.3 is 5.97 Å². The number of amides is 1. The van der Waals surface area contributed by atoms with Gasteiger partial charge in [0, 0.05) is 41.3 Å². The second kappa shape index (κ2) is 16.4. The number of esters is 1. The third-order valence-corrected chi connectivity index (χ3v) is 9.56. The Kier molecular flexibility index (Phi) is 11.7. The van der Waals surface area contributed by atoms with E-state index in [1.807, 2.05) is 0 Å². The van der Waals surface area contributed by atoms with Crippen molar-refractivity contribution in [1.29, 1.82) is 0 Å². The third kappa shape index (κ3) is 8.17. The van der Waals surface area contributed by atoms with E-state index in [0.29, 0.717) is 28.4 Å². The number of ether oxygens (including phenoxy) is 7. The second-order valence-corrected chi connectivity index (χ2v) is 13.2. The molecule has 0 aliphatic carbocycles. The molecule has 5 atom stereocenters. The minimum Gasteiger partial charge on any atom is -0.508 e. The molecule has 4 aromatic rings. The Hall–Kier alpha value is -6.27. The fourth-order valence-corrected chi connectivity index (χ4v) is 6.43. The highest BCUT2D eigenvalue weighted by atomic mass is 19.1. The number of aliphatic hydroxyl groups excluding tert-OH is 2. The van der Waals surface area contributed by atoms with Gasteiger partial charge in [-0.2, -0.15) is 0 Å². The standard InChI is InChI=1S/C40H40FNO15/c1-19-23(7-9-27(45)34(19)47)35-32(16-24-28(55-35)14-22(44)15-29(24)57-39-37(48)40(50,17-43)18-54-39)56-38(49)21-6-8-25(41)26(13-21)42-33(46)10-5-20-11-30(51-2)36(53-4)31(12-20)52-3/h5-15,32,35,37,39,43-45,47-48,50H,16-18H2,1-4H3,(H,42,46)/b10-5+/t32-,35-,37?,39?,40?/m1/s1. The van der Waals surface area contributed by atoms with E-state index >= 15 is 4.39 Å². The molecule has 0 spiro atoms. The van der Waals surface area contributed by atoms with Crippen molar-refractivity contribution in [3.8, 4) is 46.0 Å². The first-order valence-electron chi connectivity index (χ1n) is 17.3. The van der Waals surface area contributed by atoms with E-state index in [1.54, 1.807) is 12.1 Å². The zero-order chi connectivity index (χ0) is 41.2. The summed E-state index contributed by atoms with van der Waals surface area (Å²) < 4.78 is 54.4. The molecule has 0 radical (unpaired) electrons. The lowest BCUT2D eigenvalue weighted by Crippen LogP contribution is -2.48. The van der Waals surface area contributed by atoms with Crippen LogP contribution in [0.25, 0.3) is 6.08 Å². The Balaban J connectivity index is 1.27. The van der Waals surface area contributed by atoms with Crippen molar-refractivity contribution in [3.05, 3.63) is 94.3 Å². The number of carbonyl (C=O) groups is 2. The van der Waals surface area contributed by atoms with Gasteiger partial charge in [0.2, 0.25) is 17.9 Å². The SMILES string of the molecule is COc1cc(/C=C/C(=O)Nc2cc(C(=O)O[C@@H]3Cc4c(OC5OCC(O)(CO)C5O)cc(O)cc4O[C@@H]3c3ccc(O)c(O)c3C)ccc2F)cc(OC)c1OC. The molecule has 2 aliphatic heterocycles. The van der Waals surface area contributed by atoms with Gasteiger partial charge in [-0.1, -0.05) is 6.07 Å². The van der Waals surface area contributed by atoms with E-state index in [2.05, 4.69) is 5.32 Å². The van der Waals surface area contributed by atoms with E-state index in [1.165, 1.54) is 58.6 Å². The molecule has 1 saturated heterocycles. The monoisotopic (exact) mass is 793 g/mol. The van der Waals surface area contributed by atoms with Crippen LogP contribution in [0.3, 0.4) is 0 Å². The molecular formula is C40H40FNO15. The third-order valence-electron chi connectivity index (χ3n) is 9.56. The van der Waals surface area contributed by atoms with E-state index < -0.39 is 72.6 Å². The van der Waals surface area contributed by atoms with Gasteiger partial charge in [-0.3, -0.25) is 4.79 Å². The fourth-order valence-electron chi connectivity index (χ4n) is 6.43. The van der Waals surface area contributed by atoms with Gasteiger partial charge in [0.1, 0.15) is 40.9 Å². The summed E-state index contributed by atoms with van der Waals surface area (Å²) in [4.78, 5) is 26.7. The molecule has 1 fully saturated rings. The van der Waals surface area contributed by atoms with Gasteiger partial charge in [0.05, 0.1) is 45.8 Å². The molecule has 0 aromatic heterocycles. The molecule has 2 heterocycles. The zero-order valence-corrected chi connectivity index (χ0v) is 31.0. The lowest BCUT2D eigenvalue weighted by molar-refractivity contribution is -0.116. The maximum Gasteiger partial charge on any atom is 0.338 e. The van der Waals surface area contributed by atoms with Crippen LogP contribution in [0.2, 0.25) is 0 Å². The normalized spacial score (nSPS) is 21.3. The molecule has 0 saturated carbocycles. The summed E-state index contributed by atoms with van der Waals surface area (Å²) in [6.45, 7) is 0.224. The van der Waals surface area contributed by atoms with Crippen LogP contribution in [0.15, 0.2) is 60.7 Å². The number of rotatable bonds is 12. The number of hydrogen-bond donors (Lipinski definition) is 7. The maximum absolute atomic E-state index is 15.0. The largest absolute Gasteiger partial charge is 0.508 e. The van der Waals surface area contributed by atoms with Crippen LogP contribution in [0.5, 0.6) is 46.0 Å². The minimum atomic E-state index is -2.01. The number of aromatic hydroxyl groups is 3. The average molecular weight is 794 g/mol. The molecule has 4 aromatic carbocycles. The van der Waals surface area contributed by atoms with Crippen LogP contribution in [0, 0.1) is 12.7 Å². The van der Waals surface area contributed by atoms with Gasteiger partial charge in [-0.05, 0) is 55.0 Å². The van der Waals surface area contributed by atoms with Gasteiger partial charge in [0.25, 0.3) is 0 Å². The number of anilines is 1. The number of methoxy groups -OCH3 is 3. The molecule has 17 heteroatoms. The summed E-state index contributed by atoms with van der Waals surface area (Å²) in [5.74, 6) is -2.72. The summed E-state index contributed by atoms with van der Waals surface area (Å²) in [5, 5.41) is 64.3. The van der Waals surface area contributed by atoms with E-state index in [4.69, 9.17) is 33.2 Å². The molecule has 6 rings (SSSR count). The van der Waals surface area contributed by atoms with Crippen molar-refractivity contribution in [1.82, 2.24) is 0 Å². The average Bonchev–Trinajstić information content (AvgIpc) is 3.48. The van der Waals surface area contributed by atoms with Crippen molar-refractivity contribution in [2.24, 2.45) is 0 Å². The minimum absolute atomic E-state index is 0.0607. The summed E-state index contributed by atoms with van der Waals surface area (Å²) >= 11 is 0. The molecule has 0 bridgehead atoms. The van der Waals surface area contributed by atoms with Gasteiger partial charge in [-0.25, -0.2) is 9.18 Å². The lowest BCUT2D eigenvalue weighted by Gasteiger charge is -2.35. The Morgan fingerprint density at radius 2 is 1.70 bits per heavy atom. The van der Waals surface area contributed by atoms with Crippen LogP contribution >= 0.6 is 0 Å². The number of phenols is 3. The Bertz CT molecular complexity index is 2190. The molecule has 57 heavy (non-hydrogen) atoms. The zero-order valence-electron chi connectivity index (χ0n) is 31.0. The molecular weight excluding hydrogens is 753 g/mol. The van der Waals surface area contributed by atoms with E-state index in [0.717, 1.165) is 24.3 Å². The Morgan fingerprint density at radius 3 is 2.35 bits per heavy atom. The number of halogens is 1. The number of phenolic OH excluding ortho intramolecular Hbond substituents is 3. The molecule has 2 aliphatic rings. The molecule has 302 valence electrons. The maximum atomic E-state index is 15.0. The summed E-state index contributed by atoms with van der Waals surface area (Å²) in [5.41, 5.74) is -1.28. The number of carbonyl (C=O) groups excluding carboxylic acids is 2. The highest BCUT2D eigenvalue weighted by molar-refractivity contribution is 6.03. The second-order valence-electron chi connectivity index (χ2n) is 13.2. The van der Waals surface area contributed by atoms with Crippen molar-refractivity contribution >= 4 is 23.6 Å². The summed E-state index contributed by atoms with van der Waals surface area (Å²) in [6.07, 6.45) is -3.13. The van der Waals surface area contributed by atoms with Crippen molar-refractivity contribution < 1.29 is 77.8 Å². The number of nitrogens with one attached hydrogen (secondary N) is 1. The first-order chi connectivity index (χ1) is 27.2. The first-order valence-corrected chi connectivity index (χ1v) is 17.3. The summed E-state index contributed by atoms with van der Waals surface area (Å²) in [7, 11) is 4.33. The lowest BCUT2D eigenvalue weighted by atomic mass is 9.91. The smallest absolute Gasteiger partial charge is 0.338 e. The van der Waals surface area contributed by atoms with Crippen LogP contribution in [-0.4, -0.2) is 101 Å². The highest BCUT2D eigenvalue weighted by Gasteiger charge is 2.50. The molecule has 3 unspecified atom stereocenters. The number of benzene rings is 4. The van der Waals surface area contributed by atoms with Gasteiger partial charge < -0.3 is 69.1 Å². The number of aliphatic hydroxyl groups is 3. The van der Waals surface area contributed by atoms with Gasteiger partial charge in [0.15, 0.2) is 29.1 Å². The highest BCUT2D eigenvalue weighted by Crippen LogP contribution is 2.46. The van der Waals surface area contributed by atoms with Crippen LogP contribution in [0.1, 0.15) is 38.7 Å². The molecule has 7 N–H and O–H groups in total. The molecule has 1 amide bonds. The predicted molar refractivity (Wildman–Crippen MR) is 197 cm³/mol. The van der Waals surface area contributed by atoms with Crippen molar-refractivity contribution in [2.45, 2.75) is 43.5 Å². The topological polar surface area (TPSA) is 232 Å². The first kappa shape index (κ1) is 40.4. The van der Waals surface area contributed by atoms with Gasteiger partial charge in [-0.15, -0.1) is 0 Å². The van der Waals surface area contributed by atoms with Crippen molar-refractivity contribution in [2.75, 3.05) is 39.9 Å². The molecule has 16 nitrogen and oxygen atoms in total. The van der Waals surface area contributed by atoms with Crippen LogP contribution in [-0.2, 0) is 20.7 Å².